The van der Waals surface area contributed by atoms with Crippen molar-refractivity contribution in [2.45, 2.75) is 6.42 Å². The average Bonchev–Trinajstić information content (AvgIpc) is 2.81. The Morgan fingerprint density at radius 1 is 1.29 bits per heavy atom. The van der Waals surface area contributed by atoms with Gasteiger partial charge in [0.25, 0.3) is 0 Å². The summed E-state index contributed by atoms with van der Waals surface area (Å²) in [5, 5.41) is 12.0. The highest BCUT2D eigenvalue weighted by Gasteiger charge is 2.11. The lowest BCUT2D eigenvalue weighted by molar-refractivity contribution is 0.243. The van der Waals surface area contributed by atoms with Gasteiger partial charge in [-0.05, 0) is 6.07 Å². The molecule has 0 spiro atoms. The van der Waals surface area contributed by atoms with Gasteiger partial charge in [0.2, 0.25) is 0 Å². The molecular weight excluding hydrogens is 214 g/mol. The predicted molar refractivity (Wildman–Crippen MR) is 66.9 cm³/mol. The third-order valence-corrected chi connectivity index (χ3v) is 3.32. The molecule has 0 amide bonds. The fourth-order valence-electron chi connectivity index (χ4n) is 2.31. The number of aromatic amines is 1. The lowest BCUT2D eigenvalue weighted by Gasteiger charge is -2.26. The standard InChI is InChI=1S/C12H17N5/c1-3-14-9-12-10(1)11(15-16-12)2-6-17-7-4-13-5-8-17/h1,3,9,13H,2,4-8H2,(H,15,16). The second kappa shape index (κ2) is 4.81. The number of rotatable bonds is 3. The first-order valence-electron chi connectivity index (χ1n) is 6.13. The SMILES string of the molecule is c1cc2c(CCN3CCNCC3)[nH]nc2cn1. The number of fused-ring (bicyclic) bond motifs is 1. The highest BCUT2D eigenvalue weighted by molar-refractivity contribution is 5.80. The molecule has 0 radical (unpaired) electrons. The van der Waals surface area contributed by atoms with E-state index in [0.29, 0.717) is 0 Å². The minimum absolute atomic E-state index is 0.961. The second-order valence-corrected chi connectivity index (χ2v) is 4.44. The summed E-state index contributed by atoms with van der Waals surface area (Å²) in [5.41, 5.74) is 2.18. The van der Waals surface area contributed by atoms with Gasteiger partial charge in [0.05, 0.1) is 6.20 Å². The summed E-state index contributed by atoms with van der Waals surface area (Å²) in [7, 11) is 0. The molecular formula is C12H17N5. The van der Waals surface area contributed by atoms with Gasteiger partial charge in [0.1, 0.15) is 5.52 Å². The number of hydrogen-bond acceptors (Lipinski definition) is 4. The van der Waals surface area contributed by atoms with Gasteiger partial charge in [-0.25, -0.2) is 0 Å². The molecule has 0 atom stereocenters. The molecule has 0 aromatic carbocycles. The van der Waals surface area contributed by atoms with Crippen LogP contribution in [-0.4, -0.2) is 52.8 Å². The highest BCUT2D eigenvalue weighted by atomic mass is 15.2. The molecule has 90 valence electrons. The van der Waals surface area contributed by atoms with Gasteiger partial charge in [0.15, 0.2) is 0 Å². The Morgan fingerprint density at radius 2 is 2.18 bits per heavy atom. The number of nitrogens with zero attached hydrogens (tertiary/aromatic N) is 3. The minimum atomic E-state index is 0.961. The van der Waals surface area contributed by atoms with Crippen molar-refractivity contribution in [3.8, 4) is 0 Å². The Bertz CT molecular complexity index is 486. The lowest BCUT2D eigenvalue weighted by atomic mass is 10.2. The van der Waals surface area contributed by atoms with Crippen LogP contribution in [0.5, 0.6) is 0 Å². The highest BCUT2D eigenvalue weighted by Crippen LogP contribution is 2.14. The molecule has 1 aliphatic rings. The van der Waals surface area contributed by atoms with Crippen molar-refractivity contribution < 1.29 is 0 Å². The fourth-order valence-corrected chi connectivity index (χ4v) is 2.31. The molecule has 5 nitrogen and oxygen atoms in total. The van der Waals surface area contributed by atoms with Crippen molar-refractivity contribution >= 4 is 10.9 Å². The maximum Gasteiger partial charge on any atom is 0.111 e. The van der Waals surface area contributed by atoms with E-state index in [1.807, 2.05) is 12.3 Å². The van der Waals surface area contributed by atoms with E-state index in [4.69, 9.17) is 0 Å². The Labute approximate surface area is 100 Å². The summed E-state index contributed by atoms with van der Waals surface area (Å²) in [6.07, 6.45) is 4.66. The summed E-state index contributed by atoms with van der Waals surface area (Å²) >= 11 is 0. The summed E-state index contributed by atoms with van der Waals surface area (Å²) < 4.78 is 0. The van der Waals surface area contributed by atoms with Crippen LogP contribution in [0.2, 0.25) is 0 Å². The second-order valence-electron chi connectivity index (χ2n) is 4.44. The molecule has 0 aliphatic carbocycles. The van der Waals surface area contributed by atoms with Crippen LogP contribution in [-0.2, 0) is 6.42 Å². The Hall–Kier alpha value is -1.46. The van der Waals surface area contributed by atoms with Gasteiger partial charge in [-0.2, -0.15) is 5.10 Å². The van der Waals surface area contributed by atoms with Crippen LogP contribution in [0.4, 0.5) is 0 Å². The van der Waals surface area contributed by atoms with Gasteiger partial charge in [-0.15, -0.1) is 0 Å². The van der Waals surface area contributed by atoms with Gasteiger partial charge in [0, 0.05) is 56.4 Å². The van der Waals surface area contributed by atoms with Gasteiger partial charge < -0.3 is 10.2 Å². The van der Waals surface area contributed by atoms with Crippen molar-refractivity contribution in [2.24, 2.45) is 0 Å². The summed E-state index contributed by atoms with van der Waals surface area (Å²) in [6.45, 7) is 5.60. The van der Waals surface area contributed by atoms with Crippen LogP contribution >= 0.6 is 0 Å². The average molecular weight is 231 g/mol. The molecule has 1 aliphatic heterocycles. The van der Waals surface area contributed by atoms with Gasteiger partial charge >= 0.3 is 0 Å². The van der Waals surface area contributed by atoms with Crippen LogP contribution in [0.15, 0.2) is 18.5 Å². The quantitative estimate of drug-likeness (QED) is 0.803. The van der Waals surface area contributed by atoms with E-state index in [0.717, 1.165) is 44.7 Å². The van der Waals surface area contributed by atoms with E-state index in [-0.39, 0.29) is 0 Å². The monoisotopic (exact) mass is 231 g/mol. The van der Waals surface area contributed by atoms with E-state index in [2.05, 4.69) is 25.4 Å². The Kier molecular flexibility index (Phi) is 3.02. The van der Waals surface area contributed by atoms with Crippen LogP contribution in [0.3, 0.4) is 0 Å². The summed E-state index contributed by atoms with van der Waals surface area (Å²) in [5.74, 6) is 0. The van der Waals surface area contributed by atoms with E-state index >= 15 is 0 Å². The number of nitrogens with one attached hydrogen (secondary N) is 2. The fraction of sp³-hybridized carbons (Fsp3) is 0.500. The predicted octanol–water partition coefficient (Wildman–Crippen LogP) is 0.406. The molecule has 5 heteroatoms. The first kappa shape index (κ1) is 10.7. The molecule has 2 N–H and O–H groups in total. The zero-order valence-corrected chi connectivity index (χ0v) is 9.82. The normalized spacial score (nSPS) is 17.6. The Balaban J connectivity index is 1.68. The van der Waals surface area contributed by atoms with Crippen LogP contribution in [0.25, 0.3) is 10.9 Å². The number of aromatic nitrogens is 3. The molecule has 0 unspecified atom stereocenters. The molecule has 0 saturated carbocycles. The van der Waals surface area contributed by atoms with Gasteiger partial charge in [-0.1, -0.05) is 0 Å². The molecule has 3 heterocycles. The van der Waals surface area contributed by atoms with Crippen LogP contribution in [0.1, 0.15) is 5.69 Å². The van der Waals surface area contributed by atoms with E-state index in [1.54, 1.807) is 6.20 Å². The smallest absolute Gasteiger partial charge is 0.111 e. The first-order chi connectivity index (χ1) is 8.43. The van der Waals surface area contributed by atoms with E-state index in [9.17, 15) is 0 Å². The topological polar surface area (TPSA) is 56.8 Å². The van der Waals surface area contributed by atoms with Crippen molar-refractivity contribution in [3.05, 3.63) is 24.2 Å². The van der Waals surface area contributed by atoms with Crippen LogP contribution < -0.4 is 5.32 Å². The third kappa shape index (κ3) is 2.30. The molecule has 3 rings (SSSR count). The van der Waals surface area contributed by atoms with E-state index in [1.165, 1.54) is 11.1 Å². The maximum absolute atomic E-state index is 4.26. The maximum atomic E-state index is 4.26. The van der Waals surface area contributed by atoms with E-state index < -0.39 is 0 Å². The molecule has 17 heavy (non-hydrogen) atoms. The largest absolute Gasteiger partial charge is 0.314 e. The zero-order chi connectivity index (χ0) is 11.5. The van der Waals surface area contributed by atoms with Gasteiger partial charge in [-0.3, -0.25) is 10.1 Å². The number of hydrogen-bond donors (Lipinski definition) is 2. The minimum Gasteiger partial charge on any atom is -0.314 e. The zero-order valence-electron chi connectivity index (χ0n) is 9.82. The first-order valence-corrected chi connectivity index (χ1v) is 6.13. The van der Waals surface area contributed by atoms with Crippen molar-refractivity contribution in [3.63, 3.8) is 0 Å². The summed E-state index contributed by atoms with van der Waals surface area (Å²) in [4.78, 5) is 6.57. The van der Waals surface area contributed by atoms with Crippen molar-refractivity contribution in [1.29, 1.82) is 0 Å². The number of H-pyrrole nitrogens is 1. The third-order valence-electron chi connectivity index (χ3n) is 3.32. The Morgan fingerprint density at radius 3 is 3.06 bits per heavy atom. The summed E-state index contributed by atoms with van der Waals surface area (Å²) in [6, 6.07) is 2.03. The number of pyridine rings is 1. The van der Waals surface area contributed by atoms with Crippen molar-refractivity contribution in [1.82, 2.24) is 25.4 Å². The van der Waals surface area contributed by atoms with Crippen LogP contribution in [0, 0.1) is 0 Å². The lowest BCUT2D eigenvalue weighted by Crippen LogP contribution is -2.44. The molecule has 1 saturated heterocycles. The molecule has 2 aromatic rings. The molecule has 0 bridgehead atoms. The number of piperazine rings is 1. The molecule has 1 fully saturated rings. The van der Waals surface area contributed by atoms with Crippen molar-refractivity contribution in [2.75, 3.05) is 32.7 Å². The molecule has 2 aromatic heterocycles.